The molecule has 0 radical (unpaired) electrons. The molecule has 1 atom stereocenters. The van der Waals surface area contributed by atoms with Crippen molar-refractivity contribution in [1.29, 1.82) is 0 Å². The molecule has 5 heteroatoms. The summed E-state index contributed by atoms with van der Waals surface area (Å²) < 4.78 is 11.7. The molecule has 2 amide bonds. The molecule has 1 aromatic carbocycles. The van der Waals surface area contributed by atoms with Crippen LogP contribution in [0.15, 0.2) is 24.3 Å². The van der Waals surface area contributed by atoms with Gasteiger partial charge in [-0.1, -0.05) is 24.3 Å². The standard InChI is InChI=1S/C18H28N2O2S/c1-14-7-5-6-8-15(14)18(9-10-18)13-20-16(21)19-11-12-23(22)17(2,3)4/h5-8H,9-13H2,1-4H3,(H2,19,20,21). The van der Waals surface area contributed by atoms with Gasteiger partial charge in [-0.15, -0.1) is 0 Å². The second kappa shape index (κ2) is 7.04. The SMILES string of the molecule is Cc1ccccc1C1(CNC(=O)NCCS(=O)C(C)(C)C)CC1. The minimum Gasteiger partial charge on any atom is -0.337 e. The van der Waals surface area contributed by atoms with Crippen LogP contribution in [0.5, 0.6) is 0 Å². The van der Waals surface area contributed by atoms with E-state index in [4.69, 9.17) is 0 Å². The average molecular weight is 337 g/mol. The highest BCUT2D eigenvalue weighted by molar-refractivity contribution is 7.86. The Hall–Kier alpha value is -1.36. The number of carbonyl (C=O) groups excluding carboxylic acids is 1. The second-order valence-corrected chi connectivity index (χ2v) is 9.69. The lowest BCUT2D eigenvalue weighted by atomic mass is 9.92. The summed E-state index contributed by atoms with van der Waals surface area (Å²) in [7, 11) is -0.938. The Bertz CT molecular complexity index is 589. The van der Waals surface area contributed by atoms with Crippen molar-refractivity contribution < 1.29 is 9.00 Å². The zero-order valence-electron chi connectivity index (χ0n) is 14.6. The van der Waals surface area contributed by atoms with Crippen LogP contribution in [0.4, 0.5) is 4.79 Å². The maximum atomic E-state index is 11.9. The summed E-state index contributed by atoms with van der Waals surface area (Å²) in [4.78, 5) is 11.9. The molecule has 1 unspecified atom stereocenters. The van der Waals surface area contributed by atoms with Gasteiger partial charge >= 0.3 is 6.03 Å². The Morgan fingerprint density at radius 1 is 1.22 bits per heavy atom. The van der Waals surface area contributed by atoms with E-state index < -0.39 is 10.8 Å². The number of benzene rings is 1. The first kappa shape index (κ1) is 18.0. The lowest BCUT2D eigenvalue weighted by Crippen LogP contribution is -2.42. The van der Waals surface area contributed by atoms with Gasteiger partial charge in [0.15, 0.2) is 0 Å². The van der Waals surface area contributed by atoms with E-state index in [0.29, 0.717) is 18.8 Å². The van der Waals surface area contributed by atoms with E-state index in [0.717, 1.165) is 12.8 Å². The van der Waals surface area contributed by atoms with E-state index in [9.17, 15) is 9.00 Å². The van der Waals surface area contributed by atoms with Crippen LogP contribution in [-0.4, -0.2) is 33.8 Å². The highest BCUT2D eigenvalue weighted by Gasteiger charge is 2.45. The molecular formula is C18H28N2O2S. The fourth-order valence-electron chi connectivity index (χ4n) is 2.74. The van der Waals surface area contributed by atoms with Crippen LogP contribution in [0.1, 0.15) is 44.7 Å². The third-order valence-corrected chi connectivity index (χ3v) is 6.35. The minimum absolute atomic E-state index is 0.108. The van der Waals surface area contributed by atoms with Gasteiger partial charge in [0, 0.05) is 39.8 Å². The number of rotatable bonds is 6. The molecule has 1 fully saturated rings. The first-order chi connectivity index (χ1) is 10.7. The zero-order chi connectivity index (χ0) is 17.1. The minimum atomic E-state index is -0.938. The summed E-state index contributed by atoms with van der Waals surface area (Å²) in [5, 5.41) is 5.78. The summed E-state index contributed by atoms with van der Waals surface area (Å²) in [5.74, 6) is 0.486. The van der Waals surface area contributed by atoms with Crippen LogP contribution in [0.25, 0.3) is 0 Å². The van der Waals surface area contributed by atoms with Crippen molar-refractivity contribution in [1.82, 2.24) is 10.6 Å². The van der Waals surface area contributed by atoms with Gasteiger partial charge in [-0.25, -0.2) is 4.79 Å². The van der Waals surface area contributed by atoms with E-state index >= 15 is 0 Å². The molecule has 0 saturated heterocycles. The molecule has 1 aliphatic carbocycles. The number of carbonyl (C=O) groups is 1. The number of aryl methyl sites for hydroxylation is 1. The Morgan fingerprint density at radius 3 is 2.43 bits per heavy atom. The van der Waals surface area contributed by atoms with E-state index in [2.05, 4.69) is 35.8 Å². The van der Waals surface area contributed by atoms with E-state index in [1.54, 1.807) is 0 Å². The van der Waals surface area contributed by atoms with Crippen LogP contribution >= 0.6 is 0 Å². The number of amides is 2. The molecule has 0 aliphatic heterocycles. The van der Waals surface area contributed by atoms with Crippen molar-refractivity contribution in [2.24, 2.45) is 0 Å². The van der Waals surface area contributed by atoms with E-state index in [1.165, 1.54) is 11.1 Å². The van der Waals surface area contributed by atoms with Crippen LogP contribution in [0, 0.1) is 6.92 Å². The van der Waals surface area contributed by atoms with Crippen molar-refractivity contribution >= 4 is 16.8 Å². The Kier molecular flexibility index (Phi) is 5.50. The Balaban J connectivity index is 1.77. The Labute approximate surface area is 141 Å². The van der Waals surface area contributed by atoms with Gasteiger partial charge in [-0.3, -0.25) is 4.21 Å². The number of urea groups is 1. The molecular weight excluding hydrogens is 308 g/mol. The summed E-state index contributed by atoms with van der Waals surface area (Å²) in [6.07, 6.45) is 2.23. The number of hydrogen-bond donors (Lipinski definition) is 2. The Morgan fingerprint density at radius 2 is 1.87 bits per heavy atom. The summed E-state index contributed by atoms with van der Waals surface area (Å²) in [6, 6.07) is 8.22. The quantitative estimate of drug-likeness (QED) is 0.839. The highest BCUT2D eigenvalue weighted by atomic mass is 32.2. The van der Waals surface area contributed by atoms with Crippen molar-refractivity contribution in [3.05, 3.63) is 35.4 Å². The normalized spacial score (nSPS) is 17.4. The maximum Gasteiger partial charge on any atom is 0.314 e. The summed E-state index contributed by atoms with van der Waals surface area (Å²) in [5.41, 5.74) is 2.73. The van der Waals surface area contributed by atoms with Gasteiger partial charge in [0.25, 0.3) is 0 Å². The second-order valence-electron chi connectivity index (χ2n) is 7.37. The first-order valence-corrected chi connectivity index (χ1v) is 9.53. The van der Waals surface area contributed by atoms with Crippen LogP contribution < -0.4 is 10.6 Å². The molecule has 0 bridgehead atoms. The highest BCUT2D eigenvalue weighted by Crippen LogP contribution is 2.48. The van der Waals surface area contributed by atoms with Gasteiger partial charge in [0.2, 0.25) is 0 Å². The van der Waals surface area contributed by atoms with Crippen molar-refractivity contribution in [3.63, 3.8) is 0 Å². The van der Waals surface area contributed by atoms with E-state index in [1.807, 2.05) is 26.8 Å². The molecule has 0 spiro atoms. The molecule has 2 N–H and O–H groups in total. The third-order valence-electron chi connectivity index (χ3n) is 4.41. The summed E-state index contributed by atoms with van der Waals surface area (Å²) >= 11 is 0. The monoisotopic (exact) mass is 336 g/mol. The predicted octanol–water partition coefficient (Wildman–Crippen LogP) is 2.87. The third kappa shape index (κ3) is 4.80. The smallest absolute Gasteiger partial charge is 0.314 e. The van der Waals surface area contributed by atoms with Crippen molar-refractivity contribution in [2.45, 2.75) is 50.7 Å². The van der Waals surface area contributed by atoms with Gasteiger partial charge in [0.1, 0.15) is 0 Å². The van der Waals surface area contributed by atoms with Crippen molar-refractivity contribution in [2.75, 3.05) is 18.8 Å². The fourth-order valence-corrected chi connectivity index (χ4v) is 3.64. The molecule has 0 heterocycles. The largest absolute Gasteiger partial charge is 0.337 e. The van der Waals surface area contributed by atoms with Crippen molar-refractivity contribution in [3.8, 4) is 0 Å². The topological polar surface area (TPSA) is 58.2 Å². The first-order valence-electron chi connectivity index (χ1n) is 8.21. The lowest BCUT2D eigenvalue weighted by Gasteiger charge is -2.20. The predicted molar refractivity (Wildman–Crippen MR) is 96.3 cm³/mol. The molecule has 1 saturated carbocycles. The molecule has 4 nitrogen and oxygen atoms in total. The number of nitrogens with one attached hydrogen (secondary N) is 2. The van der Waals surface area contributed by atoms with Crippen LogP contribution in [-0.2, 0) is 16.2 Å². The molecule has 1 aliphatic rings. The number of hydrogen-bond acceptors (Lipinski definition) is 2. The van der Waals surface area contributed by atoms with E-state index in [-0.39, 0.29) is 16.2 Å². The zero-order valence-corrected chi connectivity index (χ0v) is 15.4. The van der Waals surface area contributed by atoms with Crippen LogP contribution in [0.3, 0.4) is 0 Å². The lowest BCUT2D eigenvalue weighted by molar-refractivity contribution is 0.240. The fraction of sp³-hybridized carbons (Fsp3) is 0.611. The molecule has 1 aromatic rings. The average Bonchev–Trinajstić information content (AvgIpc) is 3.25. The van der Waals surface area contributed by atoms with Crippen LogP contribution in [0.2, 0.25) is 0 Å². The summed E-state index contributed by atoms with van der Waals surface area (Å²) in [6.45, 7) is 9.06. The molecule has 2 rings (SSSR count). The van der Waals surface area contributed by atoms with Gasteiger partial charge < -0.3 is 10.6 Å². The van der Waals surface area contributed by atoms with Gasteiger partial charge in [-0.05, 0) is 51.7 Å². The molecule has 128 valence electrons. The molecule has 23 heavy (non-hydrogen) atoms. The van der Waals surface area contributed by atoms with Gasteiger partial charge in [0.05, 0.1) is 0 Å². The van der Waals surface area contributed by atoms with Gasteiger partial charge in [-0.2, -0.15) is 0 Å². The maximum absolute atomic E-state index is 11.9. The molecule has 0 aromatic heterocycles.